The van der Waals surface area contributed by atoms with E-state index in [2.05, 4.69) is 0 Å². The minimum absolute atomic E-state index is 0.0950. The second-order valence-corrected chi connectivity index (χ2v) is 7.28. The minimum Gasteiger partial charge on any atom is -0.480 e. The molecule has 5 heteroatoms. The van der Waals surface area contributed by atoms with Gasteiger partial charge in [0.2, 0.25) is 0 Å². The number of amides is 1. The summed E-state index contributed by atoms with van der Waals surface area (Å²) in [5.41, 5.74) is 1.31. The van der Waals surface area contributed by atoms with Crippen molar-refractivity contribution >= 4 is 23.2 Å². The van der Waals surface area contributed by atoms with Crippen LogP contribution in [-0.4, -0.2) is 35.0 Å². The molecule has 1 fully saturated rings. The average molecular weight is 307 g/mol. The third kappa shape index (κ3) is 3.64. The minimum atomic E-state index is -0.929. The van der Waals surface area contributed by atoms with Crippen molar-refractivity contribution < 1.29 is 14.7 Å². The van der Waals surface area contributed by atoms with Crippen LogP contribution in [0, 0.1) is 5.92 Å². The lowest BCUT2D eigenvalue weighted by Crippen LogP contribution is -2.36. The van der Waals surface area contributed by atoms with E-state index >= 15 is 0 Å². The fourth-order valence-electron chi connectivity index (χ4n) is 2.92. The Labute approximate surface area is 128 Å². The number of carboxylic acid groups (broad SMARTS) is 1. The fraction of sp³-hybridized carbons (Fsp3) is 0.625. The molecule has 0 radical (unpaired) electrons. The van der Waals surface area contributed by atoms with Crippen LogP contribution in [0.25, 0.3) is 0 Å². The van der Waals surface area contributed by atoms with Crippen molar-refractivity contribution in [1.82, 2.24) is 4.90 Å². The molecule has 0 spiro atoms. The maximum absolute atomic E-state index is 12.6. The summed E-state index contributed by atoms with van der Waals surface area (Å²) in [5, 5.41) is 9.02. The number of hydrogen-bond acceptors (Lipinski definition) is 3. The van der Waals surface area contributed by atoms with E-state index in [4.69, 9.17) is 5.11 Å². The highest BCUT2D eigenvalue weighted by molar-refractivity contribution is 7.14. The molecular weight excluding hydrogens is 286 g/mol. The summed E-state index contributed by atoms with van der Waals surface area (Å²) >= 11 is 1.58. The Kier molecular flexibility index (Phi) is 4.29. The molecule has 0 atom stereocenters. The lowest BCUT2D eigenvalue weighted by molar-refractivity contribution is -0.137. The summed E-state index contributed by atoms with van der Waals surface area (Å²) in [6.07, 6.45) is 8.00. The molecule has 1 aromatic heterocycles. The van der Waals surface area contributed by atoms with Crippen LogP contribution in [0.4, 0.5) is 0 Å². The molecule has 1 N–H and O–H groups in total. The van der Waals surface area contributed by atoms with Crippen LogP contribution in [-0.2, 0) is 17.6 Å². The van der Waals surface area contributed by atoms with Crippen LogP contribution in [0.1, 0.15) is 52.2 Å². The molecular formula is C16H21NO3S. The Morgan fingerprint density at radius 2 is 2.00 bits per heavy atom. The molecule has 0 bridgehead atoms. The first-order chi connectivity index (χ1) is 10.1. The van der Waals surface area contributed by atoms with Crippen LogP contribution >= 0.6 is 11.3 Å². The third-order valence-corrected chi connectivity index (χ3v) is 5.47. The molecule has 0 unspecified atom stereocenters. The first-order valence-electron chi connectivity index (χ1n) is 7.76. The van der Waals surface area contributed by atoms with Gasteiger partial charge in [0.1, 0.15) is 6.54 Å². The molecule has 0 aromatic carbocycles. The zero-order chi connectivity index (χ0) is 14.8. The number of carbonyl (C=O) groups excluding carboxylic acids is 1. The third-order valence-electron chi connectivity index (χ3n) is 4.25. The van der Waals surface area contributed by atoms with Gasteiger partial charge in [-0.2, -0.15) is 0 Å². The van der Waals surface area contributed by atoms with Crippen molar-refractivity contribution in [3.05, 3.63) is 21.4 Å². The predicted octanol–water partition coefficient (Wildman–Crippen LogP) is 2.95. The van der Waals surface area contributed by atoms with Crippen LogP contribution in [0.15, 0.2) is 6.07 Å². The van der Waals surface area contributed by atoms with E-state index in [-0.39, 0.29) is 12.5 Å². The summed E-state index contributed by atoms with van der Waals surface area (Å²) < 4.78 is 0. The van der Waals surface area contributed by atoms with Gasteiger partial charge in [0.25, 0.3) is 5.91 Å². The van der Waals surface area contributed by atoms with Crippen molar-refractivity contribution in [3.63, 3.8) is 0 Å². The van der Waals surface area contributed by atoms with Crippen LogP contribution in [0.5, 0.6) is 0 Å². The zero-order valence-electron chi connectivity index (χ0n) is 12.1. The van der Waals surface area contributed by atoms with Crippen LogP contribution in [0.3, 0.4) is 0 Å². The van der Waals surface area contributed by atoms with Crippen molar-refractivity contribution in [2.24, 2.45) is 5.92 Å². The van der Waals surface area contributed by atoms with Gasteiger partial charge in [-0.05, 0) is 56.1 Å². The van der Waals surface area contributed by atoms with Gasteiger partial charge in [-0.1, -0.05) is 6.42 Å². The number of thiophene rings is 1. The number of rotatable bonds is 5. The van der Waals surface area contributed by atoms with Gasteiger partial charge in [-0.3, -0.25) is 9.59 Å². The van der Waals surface area contributed by atoms with Crippen molar-refractivity contribution in [3.8, 4) is 0 Å². The topological polar surface area (TPSA) is 57.6 Å². The molecule has 1 saturated carbocycles. The van der Waals surface area contributed by atoms with Gasteiger partial charge >= 0.3 is 5.97 Å². The van der Waals surface area contributed by atoms with Gasteiger partial charge in [-0.15, -0.1) is 11.3 Å². The van der Waals surface area contributed by atoms with Gasteiger partial charge in [0, 0.05) is 11.4 Å². The van der Waals surface area contributed by atoms with E-state index in [1.54, 1.807) is 11.3 Å². The molecule has 2 aliphatic carbocycles. The van der Waals surface area contributed by atoms with Crippen molar-refractivity contribution in [2.75, 3.05) is 13.1 Å². The number of carbonyl (C=O) groups is 2. The van der Waals surface area contributed by atoms with E-state index in [1.165, 1.54) is 34.6 Å². The maximum Gasteiger partial charge on any atom is 0.323 e. The first kappa shape index (κ1) is 14.6. The SMILES string of the molecule is O=C(O)CN(CC1CC1)C(=O)c1cc2c(s1)CCCCC2. The highest BCUT2D eigenvalue weighted by atomic mass is 32.1. The van der Waals surface area contributed by atoms with E-state index in [9.17, 15) is 9.59 Å². The lowest BCUT2D eigenvalue weighted by atomic mass is 10.1. The number of aryl methyl sites for hydroxylation is 2. The summed E-state index contributed by atoms with van der Waals surface area (Å²) in [6.45, 7) is 0.408. The second-order valence-electron chi connectivity index (χ2n) is 6.14. The fourth-order valence-corrected chi connectivity index (χ4v) is 4.14. The molecule has 21 heavy (non-hydrogen) atoms. The summed E-state index contributed by atoms with van der Waals surface area (Å²) in [4.78, 5) is 27.2. The van der Waals surface area contributed by atoms with Crippen LogP contribution in [0.2, 0.25) is 0 Å². The smallest absolute Gasteiger partial charge is 0.323 e. The maximum atomic E-state index is 12.6. The molecule has 3 rings (SSSR count). The lowest BCUT2D eigenvalue weighted by Gasteiger charge is -2.19. The second kappa shape index (κ2) is 6.18. The van der Waals surface area contributed by atoms with Gasteiger partial charge < -0.3 is 10.0 Å². The summed E-state index contributed by atoms with van der Waals surface area (Å²) in [5.74, 6) is -0.518. The summed E-state index contributed by atoms with van der Waals surface area (Å²) in [7, 11) is 0. The summed E-state index contributed by atoms with van der Waals surface area (Å²) in [6, 6.07) is 2.01. The first-order valence-corrected chi connectivity index (χ1v) is 8.58. The molecule has 1 amide bonds. The zero-order valence-corrected chi connectivity index (χ0v) is 13.0. The number of fused-ring (bicyclic) bond motifs is 1. The van der Waals surface area contributed by atoms with E-state index < -0.39 is 5.97 Å². The number of nitrogens with zero attached hydrogens (tertiary/aromatic N) is 1. The normalized spacial score (nSPS) is 17.9. The van der Waals surface area contributed by atoms with Crippen molar-refractivity contribution in [1.29, 1.82) is 0 Å². The van der Waals surface area contributed by atoms with Gasteiger partial charge in [0.15, 0.2) is 0 Å². The molecule has 2 aliphatic rings. The standard InChI is InChI=1S/C16H21NO3S/c18-15(19)10-17(9-11-6-7-11)16(20)14-8-12-4-2-1-3-5-13(12)21-14/h8,11H,1-7,9-10H2,(H,18,19). The van der Waals surface area contributed by atoms with E-state index in [1.807, 2.05) is 6.07 Å². The molecule has 1 aromatic rings. The Bertz CT molecular complexity index is 524. The number of hydrogen-bond donors (Lipinski definition) is 1. The van der Waals surface area contributed by atoms with E-state index in [0.717, 1.165) is 30.6 Å². The average Bonchev–Trinajstić information content (AvgIpc) is 3.21. The number of aliphatic carboxylic acids is 1. The molecule has 4 nitrogen and oxygen atoms in total. The van der Waals surface area contributed by atoms with Gasteiger partial charge in [-0.25, -0.2) is 0 Å². The Morgan fingerprint density at radius 3 is 2.71 bits per heavy atom. The molecule has 114 valence electrons. The molecule has 0 aliphatic heterocycles. The largest absolute Gasteiger partial charge is 0.480 e. The number of carboxylic acids is 1. The highest BCUT2D eigenvalue weighted by Crippen LogP contribution is 2.32. The van der Waals surface area contributed by atoms with Crippen LogP contribution < -0.4 is 0 Å². The Morgan fingerprint density at radius 1 is 1.24 bits per heavy atom. The molecule has 0 saturated heterocycles. The van der Waals surface area contributed by atoms with Gasteiger partial charge in [0.05, 0.1) is 4.88 Å². The monoisotopic (exact) mass is 307 g/mol. The van der Waals surface area contributed by atoms with Crippen molar-refractivity contribution in [2.45, 2.75) is 44.9 Å². The quantitative estimate of drug-likeness (QED) is 0.851. The Hall–Kier alpha value is -1.36. The Balaban J connectivity index is 1.76. The van der Waals surface area contributed by atoms with E-state index in [0.29, 0.717) is 12.5 Å². The highest BCUT2D eigenvalue weighted by Gasteiger charge is 2.29. The molecule has 1 heterocycles. The predicted molar refractivity (Wildman–Crippen MR) is 81.8 cm³/mol.